The minimum atomic E-state index is -4.61. The van der Waals surface area contributed by atoms with Gasteiger partial charge in [0, 0.05) is 0 Å². The average molecular weight is 350 g/mol. The molecule has 0 saturated carbocycles. The Kier molecular flexibility index (Phi) is 11.7. The van der Waals surface area contributed by atoms with E-state index in [1.807, 2.05) is 0 Å². The number of aliphatic carboxylic acids is 3. The number of aliphatic hydroxyl groups is 1. The van der Waals surface area contributed by atoms with E-state index in [1.54, 1.807) is 0 Å². The molecule has 0 amide bonds. The molecule has 0 unspecified atom stereocenters. The molecule has 0 fully saturated rings. The fourth-order valence-corrected chi connectivity index (χ4v) is 0.714. The van der Waals surface area contributed by atoms with Crippen molar-refractivity contribution in [2.75, 3.05) is 0 Å². The van der Waals surface area contributed by atoms with Crippen molar-refractivity contribution in [2.24, 2.45) is 0 Å². The molecule has 0 spiro atoms. The fraction of sp³-hybridized carbons (Fsp3) is 0.429. The smallest absolute Gasteiger partial charge is 0.481 e. The minimum Gasteiger partial charge on any atom is -0.481 e. The Morgan fingerprint density at radius 1 is 0.727 bits per heavy atom. The largest absolute Gasteiger partial charge is 0.668 e. The van der Waals surface area contributed by atoms with Crippen LogP contribution in [-0.2, 0) is 14.4 Å². The molecule has 15 heteroatoms. The van der Waals surface area contributed by atoms with Crippen LogP contribution in [0.5, 0.6) is 0 Å². The molecule has 0 heterocycles. The zero-order valence-electron chi connectivity index (χ0n) is 10.5. The van der Waals surface area contributed by atoms with Gasteiger partial charge >= 0.3 is 33.1 Å². The predicted molar refractivity (Wildman–Crippen MR) is 62.4 cm³/mol. The third-order valence-electron chi connectivity index (χ3n) is 1.29. The van der Waals surface area contributed by atoms with Crippen LogP contribution in [0.4, 0.5) is 4.79 Å². The monoisotopic (exact) mass is 350 g/mol. The highest BCUT2D eigenvalue weighted by Gasteiger charge is 2.40. The summed E-state index contributed by atoms with van der Waals surface area (Å²) in [6, 6.07) is 0. The summed E-state index contributed by atoms with van der Waals surface area (Å²) in [5.74, 6) is -5.02. The van der Waals surface area contributed by atoms with E-state index in [-0.39, 0.29) is 0 Å². The molecule has 0 atom stereocenters. The molecule has 0 saturated heterocycles. The number of hydrogen-bond acceptors (Lipinski definition) is 9. The van der Waals surface area contributed by atoms with E-state index in [0.29, 0.717) is 0 Å². The van der Waals surface area contributed by atoms with Crippen LogP contribution in [0.25, 0.3) is 0 Å². The topological polar surface area (TPSA) is 271 Å². The van der Waals surface area contributed by atoms with Gasteiger partial charge in [0.2, 0.25) is 0 Å². The molecule has 14 nitrogen and oxygen atoms in total. The minimum absolute atomic E-state index is 1.14. The SMILES string of the molecule is O=C(O)CC(O)(CC(=O)O)C(=O)O.O=C(O)O.O[Si](O)(O)O. The van der Waals surface area contributed by atoms with Gasteiger partial charge in [0.1, 0.15) is 0 Å². The summed E-state index contributed by atoms with van der Waals surface area (Å²) in [6.45, 7) is 0. The molecule has 0 bridgehead atoms. The third kappa shape index (κ3) is 26.3. The van der Waals surface area contributed by atoms with E-state index in [4.69, 9.17) is 54.6 Å². The van der Waals surface area contributed by atoms with Crippen molar-refractivity contribution in [3.8, 4) is 0 Å². The quantitative estimate of drug-likeness (QED) is 0.214. The highest BCUT2D eigenvalue weighted by atomic mass is 28.4. The summed E-state index contributed by atoms with van der Waals surface area (Å²) in [4.78, 5) is 68.3. The normalized spacial score (nSPS) is 10.2. The second-order valence-electron chi connectivity index (χ2n) is 3.36. The number of carboxylic acid groups (broad SMARTS) is 5. The molecular weight excluding hydrogens is 336 g/mol. The van der Waals surface area contributed by atoms with Gasteiger partial charge in [0.25, 0.3) is 0 Å². The van der Waals surface area contributed by atoms with Crippen molar-refractivity contribution in [1.29, 1.82) is 0 Å². The molecule has 10 N–H and O–H groups in total. The molecule has 0 aliphatic heterocycles. The van der Waals surface area contributed by atoms with Crippen LogP contribution in [0.15, 0.2) is 0 Å². The second-order valence-corrected chi connectivity index (χ2v) is 4.56. The van der Waals surface area contributed by atoms with Gasteiger partial charge in [-0.2, -0.15) is 0 Å². The second kappa shape index (κ2) is 10.4. The lowest BCUT2D eigenvalue weighted by molar-refractivity contribution is -0.170. The Balaban J connectivity index is -0.000000330. The number of rotatable bonds is 5. The zero-order valence-corrected chi connectivity index (χ0v) is 11.5. The first kappa shape index (κ1) is 24.7. The van der Waals surface area contributed by atoms with E-state index in [9.17, 15) is 14.4 Å². The summed E-state index contributed by atoms with van der Waals surface area (Å²) in [6.07, 6.45) is -4.12. The van der Waals surface area contributed by atoms with Crippen molar-refractivity contribution in [1.82, 2.24) is 0 Å². The third-order valence-corrected chi connectivity index (χ3v) is 1.29. The summed E-state index contributed by atoms with van der Waals surface area (Å²) in [5, 5.41) is 47.8. The molecule has 0 aromatic carbocycles. The van der Waals surface area contributed by atoms with Crippen molar-refractivity contribution < 1.29 is 69.0 Å². The lowest BCUT2D eigenvalue weighted by Crippen LogP contribution is -2.42. The van der Waals surface area contributed by atoms with Crippen LogP contribution < -0.4 is 0 Å². The lowest BCUT2D eigenvalue weighted by atomic mass is 9.96. The van der Waals surface area contributed by atoms with Crippen molar-refractivity contribution in [2.45, 2.75) is 18.4 Å². The number of hydrogen-bond donors (Lipinski definition) is 10. The van der Waals surface area contributed by atoms with Gasteiger partial charge in [-0.25, -0.2) is 9.59 Å². The number of carbonyl (C=O) groups is 4. The predicted octanol–water partition coefficient (Wildman–Crippen LogP) is -3.63. The Morgan fingerprint density at radius 3 is 1.00 bits per heavy atom. The van der Waals surface area contributed by atoms with Crippen LogP contribution >= 0.6 is 0 Å². The molecule has 22 heavy (non-hydrogen) atoms. The maximum absolute atomic E-state index is 10.3. The zero-order chi connectivity index (χ0) is 18.7. The Labute approximate surface area is 121 Å². The van der Waals surface area contributed by atoms with Gasteiger partial charge in [-0.15, -0.1) is 0 Å². The maximum Gasteiger partial charge on any atom is 0.668 e. The highest BCUT2D eigenvalue weighted by molar-refractivity contribution is 6.46. The molecule has 130 valence electrons. The summed E-state index contributed by atoms with van der Waals surface area (Å²) < 4.78 is 0. The average Bonchev–Trinajstić information content (AvgIpc) is 2.09. The fourth-order valence-electron chi connectivity index (χ4n) is 0.714. The van der Waals surface area contributed by atoms with Crippen LogP contribution in [0, 0.1) is 0 Å². The van der Waals surface area contributed by atoms with Crippen molar-refractivity contribution >= 4 is 33.1 Å². The van der Waals surface area contributed by atoms with Gasteiger partial charge in [0.15, 0.2) is 5.60 Å². The first-order valence-corrected chi connectivity index (χ1v) is 6.51. The molecule has 0 aromatic heterocycles. The Hall–Kier alpha value is -2.30. The lowest BCUT2D eigenvalue weighted by Gasteiger charge is -2.18. The van der Waals surface area contributed by atoms with Gasteiger partial charge in [-0.1, -0.05) is 0 Å². The number of carboxylic acids is 3. The summed E-state index contributed by atoms with van der Waals surface area (Å²) in [7, 11) is -4.61. The summed E-state index contributed by atoms with van der Waals surface area (Å²) >= 11 is 0. The molecular formula is C7H14O14Si. The van der Waals surface area contributed by atoms with Gasteiger partial charge in [-0.3, -0.25) is 9.59 Å². The molecule has 0 aliphatic rings. The Morgan fingerprint density at radius 2 is 0.909 bits per heavy atom. The van der Waals surface area contributed by atoms with Crippen LogP contribution in [0.1, 0.15) is 12.8 Å². The molecule has 0 radical (unpaired) electrons. The van der Waals surface area contributed by atoms with Gasteiger partial charge in [0.05, 0.1) is 12.8 Å². The van der Waals surface area contributed by atoms with Crippen LogP contribution in [-0.4, -0.2) is 88.5 Å². The van der Waals surface area contributed by atoms with E-state index >= 15 is 0 Å². The van der Waals surface area contributed by atoms with E-state index in [0.717, 1.165) is 0 Å². The van der Waals surface area contributed by atoms with E-state index < -0.39 is 51.6 Å². The van der Waals surface area contributed by atoms with Crippen LogP contribution in [0.2, 0.25) is 0 Å². The van der Waals surface area contributed by atoms with Crippen molar-refractivity contribution in [3.63, 3.8) is 0 Å². The van der Waals surface area contributed by atoms with E-state index in [1.165, 1.54) is 0 Å². The van der Waals surface area contributed by atoms with Crippen molar-refractivity contribution in [3.05, 3.63) is 0 Å². The van der Waals surface area contributed by atoms with E-state index in [2.05, 4.69) is 0 Å². The molecule has 0 aliphatic carbocycles. The Bertz CT molecular complexity index is 370. The molecule has 0 aromatic rings. The van der Waals surface area contributed by atoms with Gasteiger partial charge < -0.3 is 49.8 Å². The first-order chi connectivity index (χ1) is 9.51. The van der Waals surface area contributed by atoms with Crippen LogP contribution in [0.3, 0.4) is 0 Å². The standard InChI is InChI=1S/C6H8O7.CH2O3.H4O4Si/c7-3(8)1-6(13,5(11)12)2-4(9)10;2-1(3)4;1-5(2,3)4/h13H,1-2H2,(H,7,8)(H,9,10)(H,11,12);(H2,2,3,4);1-4H. The highest BCUT2D eigenvalue weighted by Crippen LogP contribution is 2.15. The molecule has 0 rings (SSSR count). The maximum atomic E-state index is 10.3. The van der Waals surface area contributed by atoms with Gasteiger partial charge in [-0.05, 0) is 0 Å². The first-order valence-electron chi connectivity index (χ1n) is 4.72. The summed E-state index contributed by atoms with van der Waals surface area (Å²) in [5.41, 5.74) is -2.74.